The normalized spacial score (nSPS) is 14.3. The maximum absolute atomic E-state index is 5.82. The van der Waals surface area contributed by atoms with E-state index < -0.39 is 0 Å². The van der Waals surface area contributed by atoms with Crippen LogP contribution >= 0.6 is 11.3 Å². The van der Waals surface area contributed by atoms with E-state index in [1.165, 1.54) is 15.8 Å². The van der Waals surface area contributed by atoms with Crippen molar-refractivity contribution in [2.75, 3.05) is 12.3 Å². The Hall–Kier alpha value is -2.27. The second-order valence-electron chi connectivity index (χ2n) is 5.76. The number of hydrogen-bond acceptors (Lipinski definition) is 4. The molecule has 112 valence electrons. The van der Waals surface area contributed by atoms with Gasteiger partial charge in [-0.2, -0.15) is 0 Å². The minimum absolute atomic E-state index is 0.665. The predicted octanol–water partition coefficient (Wildman–Crippen LogP) is 3.54. The third-order valence-electron chi connectivity index (χ3n) is 4.32. The molecule has 1 aliphatic heterocycles. The van der Waals surface area contributed by atoms with Crippen LogP contribution in [0.15, 0.2) is 30.8 Å². The molecule has 1 aromatic carbocycles. The summed E-state index contributed by atoms with van der Waals surface area (Å²) in [5.74, 6) is 0. The molecule has 3 aromatic rings. The molecule has 0 unspecified atom stereocenters. The summed E-state index contributed by atoms with van der Waals surface area (Å²) in [7, 11) is 0. The van der Waals surface area contributed by atoms with Gasteiger partial charge in [0.1, 0.15) is 0 Å². The summed E-state index contributed by atoms with van der Waals surface area (Å²) in [6.45, 7) is 8.21. The highest BCUT2D eigenvalue weighted by molar-refractivity contribution is 7.15. The topological polar surface area (TPSA) is 57.9 Å². The van der Waals surface area contributed by atoms with Crippen molar-refractivity contribution in [1.29, 1.82) is 0 Å². The summed E-state index contributed by atoms with van der Waals surface area (Å²) in [6, 6.07) is 8.52. The van der Waals surface area contributed by atoms with E-state index in [-0.39, 0.29) is 0 Å². The number of aryl methyl sites for hydroxylation is 1. The smallest absolute Gasteiger partial charge is 0.180 e. The van der Waals surface area contributed by atoms with Gasteiger partial charge in [-0.05, 0) is 24.6 Å². The van der Waals surface area contributed by atoms with Gasteiger partial charge in [-0.15, -0.1) is 11.3 Å². The van der Waals surface area contributed by atoms with Crippen molar-refractivity contribution in [3.8, 4) is 0 Å². The number of anilines is 1. The molecule has 0 fully saturated rings. The monoisotopic (exact) mass is 310 g/mol. The van der Waals surface area contributed by atoms with Crippen molar-refractivity contribution in [2.45, 2.75) is 19.9 Å². The van der Waals surface area contributed by atoms with E-state index in [0.29, 0.717) is 5.13 Å². The van der Waals surface area contributed by atoms with Crippen molar-refractivity contribution >= 4 is 33.1 Å². The van der Waals surface area contributed by atoms with Crippen LogP contribution in [0.4, 0.5) is 5.13 Å². The SMILES string of the molecule is C=C(c1cc2c(C)cccc2[nH]1)N1CCc2nc(N)sc2C1. The maximum Gasteiger partial charge on any atom is 0.180 e. The first-order valence-electron chi connectivity index (χ1n) is 7.38. The van der Waals surface area contributed by atoms with Crippen molar-refractivity contribution in [3.05, 3.63) is 52.7 Å². The number of aromatic nitrogens is 2. The van der Waals surface area contributed by atoms with Gasteiger partial charge in [-0.3, -0.25) is 0 Å². The second-order valence-corrected chi connectivity index (χ2v) is 6.87. The summed E-state index contributed by atoms with van der Waals surface area (Å²) in [5.41, 5.74) is 11.5. The molecule has 0 bridgehead atoms. The predicted molar refractivity (Wildman–Crippen MR) is 92.7 cm³/mol. The lowest BCUT2D eigenvalue weighted by Crippen LogP contribution is -2.28. The minimum atomic E-state index is 0.665. The lowest BCUT2D eigenvalue weighted by Gasteiger charge is -2.29. The van der Waals surface area contributed by atoms with Crippen LogP contribution in [0.3, 0.4) is 0 Å². The Labute approximate surface area is 133 Å². The number of nitrogens with one attached hydrogen (secondary N) is 1. The second kappa shape index (κ2) is 4.88. The zero-order chi connectivity index (χ0) is 15.3. The molecule has 0 saturated heterocycles. The molecule has 1 aliphatic rings. The van der Waals surface area contributed by atoms with Gasteiger partial charge < -0.3 is 15.6 Å². The van der Waals surface area contributed by atoms with E-state index in [4.69, 9.17) is 5.73 Å². The highest BCUT2D eigenvalue weighted by Crippen LogP contribution is 2.31. The van der Waals surface area contributed by atoms with Crippen molar-refractivity contribution in [2.24, 2.45) is 0 Å². The van der Waals surface area contributed by atoms with E-state index in [9.17, 15) is 0 Å². The van der Waals surface area contributed by atoms with Crippen LogP contribution in [0.5, 0.6) is 0 Å². The quantitative estimate of drug-likeness (QED) is 0.761. The molecule has 0 amide bonds. The minimum Gasteiger partial charge on any atom is -0.375 e. The lowest BCUT2D eigenvalue weighted by atomic mass is 10.1. The Morgan fingerprint density at radius 3 is 3.14 bits per heavy atom. The maximum atomic E-state index is 5.82. The largest absolute Gasteiger partial charge is 0.375 e. The van der Waals surface area contributed by atoms with Gasteiger partial charge in [0.05, 0.1) is 23.6 Å². The van der Waals surface area contributed by atoms with Gasteiger partial charge in [0.15, 0.2) is 5.13 Å². The van der Waals surface area contributed by atoms with E-state index in [1.54, 1.807) is 11.3 Å². The fraction of sp³-hybridized carbons (Fsp3) is 0.235. The van der Waals surface area contributed by atoms with Gasteiger partial charge in [-0.1, -0.05) is 18.7 Å². The number of H-pyrrole nitrogens is 1. The summed E-state index contributed by atoms with van der Waals surface area (Å²) >= 11 is 1.59. The van der Waals surface area contributed by atoms with E-state index >= 15 is 0 Å². The third kappa shape index (κ3) is 2.09. The van der Waals surface area contributed by atoms with Gasteiger partial charge >= 0.3 is 0 Å². The molecule has 0 saturated carbocycles. The Morgan fingerprint density at radius 1 is 1.45 bits per heavy atom. The number of hydrogen-bond donors (Lipinski definition) is 2. The summed E-state index contributed by atoms with van der Waals surface area (Å²) < 4.78 is 0. The first-order valence-corrected chi connectivity index (χ1v) is 8.20. The number of rotatable bonds is 2. The van der Waals surface area contributed by atoms with Crippen LogP contribution < -0.4 is 5.73 Å². The van der Waals surface area contributed by atoms with E-state index in [1.807, 2.05) is 0 Å². The molecule has 4 nitrogen and oxygen atoms in total. The van der Waals surface area contributed by atoms with Crippen LogP contribution in [0.25, 0.3) is 16.6 Å². The van der Waals surface area contributed by atoms with Crippen LogP contribution in [-0.4, -0.2) is 21.4 Å². The summed E-state index contributed by atoms with van der Waals surface area (Å²) in [5, 5.41) is 1.93. The molecule has 3 heterocycles. The van der Waals surface area contributed by atoms with Gasteiger partial charge in [-0.25, -0.2) is 4.98 Å². The number of nitrogens with zero attached hydrogens (tertiary/aromatic N) is 2. The Kier molecular flexibility index (Phi) is 2.97. The molecule has 2 aromatic heterocycles. The molecule has 22 heavy (non-hydrogen) atoms. The average Bonchev–Trinajstić information content (AvgIpc) is 3.08. The zero-order valence-corrected chi connectivity index (χ0v) is 13.3. The van der Waals surface area contributed by atoms with Crippen LogP contribution in [0.1, 0.15) is 21.8 Å². The number of nitrogen functional groups attached to an aromatic ring is 1. The molecule has 0 aliphatic carbocycles. The van der Waals surface area contributed by atoms with Crippen LogP contribution in [-0.2, 0) is 13.0 Å². The number of aromatic amines is 1. The van der Waals surface area contributed by atoms with Crippen LogP contribution in [0, 0.1) is 6.92 Å². The highest BCUT2D eigenvalue weighted by Gasteiger charge is 2.22. The molecular weight excluding hydrogens is 292 g/mol. The fourth-order valence-electron chi connectivity index (χ4n) is 3.08. The molecule has 5 heteroatoms. The first-order chi connectivity index (χ1) is 10.6. The van der Waals surface area contributed by atoms with Crippen molar-refractivity contribution < 1.29 is 0 Å². The summed E-state index contributed by atoms with van der Waals surface area (Å²) in [4.78, 5) is 11.4. The van der Waals surface area contributed by atoms with Gasteiger partial charge in [0.2, 0.25) is 0 Å². The molecule has 0 spiro atoms. The molecule has 0 atom stereocenters. The highest BCUT2D eigenvalue weighted by atomic mass is 32.1. The molecule has 0 radical (unpaired) electrons. The van der Waals surface area contributed by atoms with E-state index in [0.717, 1.165) is 42.1 Å². The Morgan fingerprint density at radius 2 is 2.32 bits per heavy atom. The first kappa shape index (κ1) is 13.4. The molecular formula is C17H18N4S. The average molecular weight is 310 g/mol. The van der Waals surface area contributed by atoms with E-state index in [2.05, 4.69) is 52.6 Å². The number of thiazole rings is 1. The molecule has 4 rings (SSSR count). The fourth-order valence-corrected chi connectivity index (χ4v) is 3.97. The van der Waals surface area contributed by atoms with Gasteiger partial charge in [0.25, 0.3) is 0 Å². The number of fused-ring (bicyclic) bond motifs is 2. The van der Waals surface area contributed by atoms with Crippen molar-refractivity contribution in [3.63, 3.8) is 0 Å². The standard InChI is InChI=1S/C17H18N4S/c1-10-4-3-5-13-12(10)8-15(19-13)11(2)21-7-6-14-16(9-21)22-17(18)20-14/h3-5,8,19H,2,6-7,9H2,1H3,(H2,18,20). The lowest BCUT2D eigenvalue weighted by molar-refractivity contribution is 0.375. The van der Waals surface area contributed by atoms with Crippen LogP contribution in [0.2, 0.25) is 0 Å². The van der Waals surface area contributed by atoms with Gasteiger partial charge in [0, 0.05) is 28.7 Å². The Bertz CT molecular complexity index is 874. The van der Waals surface area contributed by atoms with Crippen molar-refractivity contribution in [1.82, 2.24) is 14.9 Å². The number of benzene rings is 1. The number of nitrogens with two attached hydrogens (primary N) is 1. The zero-order valence-electron chi connectivity index (χ0n) is 12.5. The molecule has 3 N–H and O–H groups in total. The third-order valence-corrected chi connectivity index (χ3v) is 5.23. The Balaban J connectivity index is 1.65. The summed E-state index contributed by atoms with van der Waals surface area (Å²) in [6.07, 6.45) is 0.932.